The molecule has 1 aromatic rings. The fourth-order valence-electron chi connectivity index (χ4n) is 1.95. The minimum atomic E-state index is -3.24. The van der Waals surface area contributed by atoms with Crippen molar-refractivity contribution in [3.8, 4) is 5.75 Å². The number of guanidine groups is 1. The predicted octanol–water partition coefficient (Wildman–Crippen LogP) is 1.20. The molecule has 1 aromatic carbocycles. The molecule has 0 radical (unpaired) electrons. The lowest BCUT2D eigenvalue weighted by atomic mass is 10.1. The monoisotopic (exact) mass is 378 g/mol. The maximum absolute atomic E-state index is 12.5. The molecule has 10 heteroatoms. The Morgan fingerprint density at radius 2 is 2.00 bits per heavy atom. The molecule has 1 rings (SSSR count). The number of halogens is 2. The second-order valence-electron chi connectivity index (χ2n) is 5.14. The van der Waals surface area contributed by atoms with Crippen molar-refractivity contribution in [2.24, 2.45) is 4.99 Å². The zero-order valence-corrected chi connectivity index (χ0v) is 15.3. The first-order valence-electron chi connectivity index (χ1n) is 7.73. The van der Waals surface area contributed by atoms with Crippen LogP contribution in [-0.4, -0.2) is 46.9 Å². The van der Waals surface area contributed by atoms with Gasteiger partial charge < -0.3 is 15.4 Å². The van der Waals surface area contributed by atoms with E-state index in [1.165, 1.54) is 6.07 Å². The van der Waals surface area contributed by atoms with Gasteiger partial charge in [-0.2, -0.15) is 8.78 Å². The van der Waals surface area contributed by atoms with Crippen molar-refractivity contribution in [3.05, 3.63) is 29.3 Å². The lowest BCUT2D eigenvalue weighted by Gasteiger charge is -2.15. The lowest BCUT2D eigenvalue weighted by Crippen LogP contribution is -2.41. The third-order valence-electron chi connectivity index (χ3n) is 3.22. The average molecular weight is 378 g/mol. The van der Waals surface area contributed by atoms with E-state index in [2.05, 4.69) is 25.1 Å². The molecule has 0 bridgehead atoms. The van der Waals surface area contributed by atoms with Gasteiger partial charge in [-0.1, -0.05) is 17.7 Å². The van der Waals surface area contributed by atoms with Gasteiger partial charge in [-0.3, -0.25) is 4.99 Å². The summed E-state index contributed by atoms with van der Waals surface area (Å²) in [5, 5.41) is 5.91. The summed E-state index contributed by atoms with van der Waals surface area (Å²) in [6, 6.07) is 4.93. The first-order chi connectivity index (χ1) is 11.8. The number of ether oxygens (including phenoxy) is 1. The zero-order valence-electron chi connectivity index (χ0n) is 14.5. The largest absolute Gasteiger partial charge is 0.434 e. The Kier molecular flexibility index (Phi) is 8.56. The first-order valence-corrected chi connectivity index (χ1v) is 9.38. The molecule has 0 aromatic heterocycles. The number of benzene rings is 1. The van der Waals surface area contributed by atoms with E-state index in [9.17, 15) is 17.2 Å². The highest BCUT2D eigenvalue weighted by atomic mass is 32.2. The molecular weight excluding hydrogens is 354 g/mol. The molecule has 0 aliphatic rings. The van der Waals surface area contributed by atoms with Crippen LogP contribution in [0.4, 0.5) is 8.78 Å². The summed E-state index contributed by atoms with van der Waals surface area (Å²) >= 11 is 0. The number of alkyl halides is 2. The van der Waals surface area contributed by atoms with Crippen LogP contribution in [0, 0.1) is 6.92 Å². The number of aliphatic imine (C=N–C) groups is 1. The summed E-state index contributed by atoms with van der Waals surface area (Å²) in [5.74, 6) is 0.528. The summed E-state index contributed by atoms with van der Waals surface area (Å²) < 4.78 is 54.5. The third-order valence-corrected chi connectivity index (χ3v) is 4.63. The maximum atomic E-state index is 12.5. The second-order valence-corrected chi connectivity index (χ2v) is 7.24. The number of rotatable bonds is 9. The van der Waals surface area contributed by atoms with Crippen LogP contribution in [0.1, 0.15) is 18.1 Å². The molecule has 0 aliphatic carbocycles. The molecule has 0 spiro atoms. The summed E-state index contributed by atoms with van der Waals surface area (Å²) in [7, 11) is -1.69. The van der Waals surface area contributed by atoms with Gasteiger partial charge >= 0.3 is 6.61 Å². The fraction of sp³-hybridized carbons (Fsp3) is 0.533. The highest BCUT2D eigenvalue weighted by molar-refractivity contribution is 7.89. The fourth-order valence-corrected chi connectivity index (χ4v) is 2.56. The Hall–Kier alpha value is -1.94. The Morgan fingerprint density at radius 1 is 1.28 bits per heavy atom. The molecule has 3 N–H and O–H groups in total. The van der Waals surface area contributed by atoms with Crippen LogP contribution in [0.5, 0.6) is 5.75 Å². The van der Waals surface area contributed by atoms with E-state index < -0.39 is 16.6 Å². The van der Waals surface area contributed by atoms with Gasteiger partial charge in [-0.15, -0.1) is 0 Å². The van der Waals surface area contributed by atoms with Crippen molar-refractivity contribution in [2.75, 3.05) is 25.9 Å². The van der Waals surface area contributed by atoms with Gasteiger partial charge in [0.05, 0.1) is 5.75 Å². The second kappa shape index (κ2) is 10.1. The standard InChI is InChI=1S/C15H24F2N4O3S/c1-4-25(22,23)21-8-7-19-15(18-3)20-10-12-9-11(2)5-6-13(12)24-14(16)17/h5-6,9,14,21H,4,7-8,10H2,1-3H3,(H2,18,19,20). The SMILES string of the molecule is CCS(=O)(=O)NCCNC(=NC)NCc1cc(C)ccc1OC(F)F. The minimum Gasteiger partial charge on any atom is -0.434 e. The van der Waals surface area contributed by atoms with Gasteiger partial charge in [0.15, 0.2) is 5.96 Å². The smallest absolute Gasteiger partial charge is 0.387 e. The van der Waals surface area contributed by atoms with E-state index in [4.69, 9.17) is 0 Å². The Bertz CT molecular complexity index is 681. The summed E-state index contributed by atoms with van der Waals surface area (Å²) in [5.41, 5.74) is 1.48. The van der Waals surface area contributed by atoms with Crippen molar-refractivity contribution in [1.82, 2.24) is 15.4 Å². The van der Waals surface area contributed by atoms with Crippen molar-refractivity contribution >= 4 is 16.0 Å². The molecule has 0 aliphatic heterocycles. The number of sulfonamides is 1. The van der Waals surface area contributed by atoms with E-state index >= 15 is 0 Å². The summed E-state index contributed by atoms with van der Waals surface area (Å²) in [6.45, 7) is 1.27. The van der Waals surface area contributed by atoms with Crippen molar-refractivity contribution < 1.29 is 21.9 Å². The Balaban J connectivity index is 2.56. The van der Waals surface area contributed by atoms with Gasteiger partial charge in [0, 0.05) is 32.2 Å². The van der Waals surface area contributed by atoms with E-state index in [1.807, 2.05) is 6.92 Å². The number of hydrogen-bond donors (Lipinski definition) is 3. The molecule has 142 valence electrons. The van der Waals surface area contributed by atoms with E-state index in [-0.39, 0.29) is 24.6 Å². The molecule has 0 saturated heterocycles. The van der Waals surface area contributed by atoms with Crippen LogP contribution in [0.15, 0.2) is 23.2 Å². The zero-order chi connectivity index (χ0) is 18.9. The van der Waals surface area contributed by atoms with Crippen LogP contribution in [0.25, 0.3) is 0 Å². The highest BCUT2D eigenvalue weighted by Gasteiger charge is 2.10. The average Bonchev–Trinajstić information content (AvgIpc) is 2.56. The maximum Gasteiger partial charge on any atom is 0.387 e. The van der Waals surface area contributed by atoms with E-state index in [0.29, 0.717) is 18.1 Å². The van der Waals surface area contributed by atoms with Crippen LogP contribution in [-0.2, 0) is 16.6 Å². The summed E-state index contributed by atoms with van der Waals surface area (Å²) in [6.07, 6.45) is 0. The number of hydrogen-bond acceptors (Lipinski definition) is 4. The van der Waals surface area contributed by atoms with E-state index in [1.54, 1.807) is 26.1 Å². The van der Waals surface area contributed by atoms with Crippen molar-refractivity contribution in [1.29, 1.82) is 0 Å². The minimum absolute atomic E-state index is 0.0141. The van der Waals surface area contributed by atoms with Gasteiger partial charge in [-0.25, -0.2) is 13.1 Å². The highest BCUT2D eigenvalue weighted by Crippen LogP contribution is 2.21. The van der Waals surface area contributed by atoms with Crippen LogP contribution < -0.4 is 20.1 Å². The Labute approximate surface area is 146 Å². The van der Waals surface area contributed by atoms with Gasteiger partial charge in [0.25, 0.3) is 0 Å². The summed E-state index contributed by atoms with van der Waals surface area (Å²) in [4.78, 5) is 4.00. The molecule has 7 nitrogen and oxygen atoms in total. The first kappa shape index (κ1) is 21.1. The van der Waals surface area contributed by atoms with Crippen LogP contribution in [0.2, 0.25) is 0 Å². The van der Waals surface area contributed by atoms with Crippen LogP contribution >= 0.6 is 0 Å². The van der Waals surface area contributed by atoms with E-state index in [0.717, 1.165) is 5.56 Å². The molecule has 0 fully saturated rings. The molecule has 0 amide bonds. The number of nitrogens with one attached hydrogen (secondary N) is 3. The normalized spacial score (nSPS) is 12.3. The third kappa shape index (κ3) is 8.12. The molecule has 0 atom stereocenters. The number of aryl methyl sites for hydroxylation is 1. The van der Waals surface area contributed by atoms with Gasteiger partial charge in [0.1, 0.15) is 5.75 Å². The lowest BCUT2D eigenvalue weighted by molar-refractivity contribution is -0.0504. The molecule has 0 saturated carbocycles. The number of nitrogens with zero attached hydrogens (tertiary/aromatic N) is 1. The van der Waals surface area contributed by atoms with Crippen molar-refractivity contribution in [2.45, 2.75) is 27.0 Å². The Morgan fingerprint density at radius 3 is 2.60 bits per heavy atom. The molecule has 0 heterocycles. The molecule has 25 heavy (non-hydrogen) atoms. The molecular formula is C15H24F2N4O3S. The van der Waals surface area contributed by atoms with Gasteiger partial charge in [0.2, 0.25) is 10.0 Å². The molecule has 0 unspecified atom stereocenters. The predicted molar refractivity (Wildman–Crippen MR) is 93.5 cm³/mol. The van der Waals surface area contributed by atoms with Crippen LogP contribution in [0.3, 0.4) is 0 Å². The topological polar surface area (TPSA) is 91.8 Å². The quantitative estimate of drug-likeness (QED) is 0.341. The van der Waals surface area contributed by atoms with Crippen molar-refractivity contribution in [3.63, 3.8) is 0 Å². The van der Waals surface area contributed by atoms with Gasteiger partial charge in [-0.05, 0) is 19.9 Å².